The Morgan fingerprint density at radius 3 is 2.31 bits per heavy atom. The van der Waals surface area contributed by atoms with Gasteiger partial charge < -0.3 is 10.0 Å². The van der Waals surface area contributed by atoms with Gasteiger partial charge in [-0.3, -0.25) is 4.79 Å². The molecule has 1 N–H and O–H groups in total. The number of carbonyl (C=O) groups is 2. The second kappa shape index (κ2) is 3.43. The predicted molar refractivity (Wildman–Crippen MR) is 54.6 cm³/mol. The molecule has 0 aromatic heterocycles. The zero-order valence-corrected chi connectivity index (χ0v) is 9.33. The van der Waals surface area contributed by atoms with Crippen LogP contribution in [0.4, 0.5) is 4.39 Å². The van der Waals surface area contributed by atoms with Crippen molar-refractivity contribution < 1.29 is 19.1 Å². The first-order valence-corrected chi connectivity index (χ1v) is 5.59. The third-order valence-electron chi connectivity index (χ3n) is 3.86. The monoisotopic (exact) mass is 229 g/mol. The Bertz CT molecular complexity index is 340. The maximum Gasteiger partial charge on any atom is 0.343 e. The lowest BCUT2D eigenvalue weighted by atomic mass is 9.69. The Hall–Kier alpha value is -1.13. The first-order valence-electron chi connectivity index (χ1n) is 5.59. The van der Waals surface area contributed by atoms with Crippen molar-refractivity contribution in [1.29, 1.82) is 0 Å². The van der Waals surface area contributed by atoms with Gasteiger partial charge in [-0.15, -0.1) is 0 Å². The largest absolute Gasteiger partial charge is 0.479 e. The number of hydrogen-bond donors (Lipinski definition) is 1. The van der Waals surface area contributed by atoms with E-state index in [4.69, 9.17) is 5.11 Å². The van der Waals surface area contributed by atoms with Crippen LogP contribution in [0.15, 0.2) is 0 Å². The summed E-state index contributed by atoms with van der Waals surface area (Å²) < 4.78 is 13.8. The van der Waals surface area contributed by atoms with Crippen molar-refractivity contribution in [2.75, 3.05) is 13.1 Å². The van der Waals surface area contributed by atoms with Crippen LogP contribution in [-0.4, -0.2) is 40.6 Å². The van der Waals surface area contributed by atoms with Crippen LogP contribution in [0.1, 0.15) is 32.6 Å². The average molecular weight is 229 g/mol. The number of carbonyl (C=O) groups excluding carboxylic acids is 1. The fourth-order valence-corrected chi connectivity index (χ4v) is 2.42. The van der Waals surface area contributed by atoms with Crippen LogP contribution in [0.3, 0.4) is 0 Å². The van der Waals surface area contributed by atoms with Gasteiger partial charge >= 0.3 is 5.97 Å². The molecule has 1 aliphatic heterocycles. The van der Waals surface area contributed by atoms with E-state index in [1.807, 2.05) is 6.92 Å². The van der Waals surface area contributed by atoms with Crippen molar-refractivity contribution >= 4 is 11.9 Å². The maximum atomic E-state index is 13.8. The average Bonchev–Trinajstić information content (AvgIpc) is 2.57. The number of alkyl halides is 1. The summed E-state index contributed by atoms with van der Waals surface area (Å²) in [6.45, 7) is 1.80. The molecule has 0 radical (unpaired) electrons. The molecule has 1 unspecified atom stereocenters. The topological polar surface area (TPSA) is 57.6 Å². The zero-order chi connectivity index (χ0) is 12.0. The highest BCUT2D eigenvalue weighted by Crippen LogP contribution is 2.43. The van der Waals surface area contributed by atoms with E-state index in [0.717, 1.165) is 19.3 Å². The molecule has 0 spiro atoms. The molecule has 1 amide bonds. The summed E-state index contributed by atoms with van der Waals surface area (Å²) in [5.74, 6) is -1.54. The van der Waals surface area contributed by atoms with Gasteiger partial charge in [0.25, 0.3) is 0 Å². The van der Waals surface area contributed by atoms with E-state index >= 15 is 0 Å². The third-order valence-corrected chi connectivity index (χ3v) is 3.86. The van der Waals surface area contributed by atoms with E-state index in [-0.39, 0.29) is 30.8 Å². The Morgan fingerprint density at radius 2 is 1.94 bits per heavy atom. The van der Waals surface area contributed by atoms with Crippen molar-refractivity contribution in [3.63, 3.8) is 0 Å². The van der Waals surface area contributed by atoms with Crippen molar-refractivity contribution in [1.82, 2.24) is 4.90 Å². The smallest absolute Gasteiger partial charge is 0.343 e. The standard InChI is InChI=1S/C11H16FNO3/c1-10(3-2-4-10)8(14)13-6-5-11(12,7-13)9(15)16/h2-7H2,1H3,(H,15,16). The summed E-state index contributed by atoms with van der Waals surface area (Å²) >= 11 is 0. The van der Waals surface area contributed by atoms with Crippen molar-refractivity contribution in [3.8, 4) is 0 Å². The summed E-state index contributed by atoms with van der Waals surface area (Å²) in [5.41, 5.74) is -2.61. The molecule has 2 aliphatic rings. The number of hydrogen-bond acceptors (Lipinski definition) is 2. The Kier molecular flexibility index (Phi) is 2.44. The van der Waals surface area contributed by atoms with Crippen molar-refractivity contribution in [2.45, 2.75) is 38.3 Å². The second-order valence-corrected chi connectivity index (χ2v) is 5.16. The normalized spacial score (nSPS) is 32.2. The number of halogens is 1. The van der Waals surface area contributed by atoms with E-state index in [1.165, 1.54) is 4.90 Å². The lowest BCUT2D eigenvalue weighted by molar-refractivity contribution is -0.151. The molecule has 0 aromatic carbocycles. The maximum absolute atomic E-state index is 13.8. The fraction of sp³-hybridized carbons (Fsp3) is 0.818. The molecule has 4 nitrogen and oxygen atoms in total. The minimum Gasteiger partial charge on any atom is -0.479 e. The molecule has 2 fully saturated rings. The number of carboxylic acid groups (broad SMARTS) is 1. The molecule has 5 heteroatoms. The first kappa shape index (κ1) is 11.4. The van der Waals surface area contributed by atoms with Crippen LogP contribution in [0.25, 0.3) is 0 Å². The minimum absolute atomic E-state index is 0.0838. The molecular formula is C11H16FNO3. The van der Waals surface area contributed by atoms with Gasteiger partial charge in [0.05, 0.1) is 6.54 Å². The van der Waals surface area contributed by atoms with Gasteiger partial charge in [0.2, 0.25) is 11.6 Å². The van der Waals surface area contributed by atoms with Crippen LogP contribution in [0.2, 0.25) is 0 Å². The van der Waals surface area contributed by atoms with Gasteiger partial charge in [-0.25, -0.2) is 9.18 Å². The van der Waals surface area contributed by atoms with Gasteiger partial charge in [0.15, 0.2) is 0 Å². The summed E-state index contributed by atoms with van der Waals surface area (Å²) in [6.07, 6.45) is 2.59. The van der Waals surface area contributed by atoms with Crippen LogP contribution in [-0.2, 0) is 9.59 Å². The molecule has 90 valence electrons. The molecule has 1 atom stereocenters. The number of likely N-dealkylation sites (tertiary alicyclic amines) is 1. The third kappa shape index (κ3) is 1.58. The molecule has 1 saturated carbocycles. The number of amides is 1. The zero-order valence-electron chi connectivity index (χ0n) is 9.33. The van der Waals surface area contributed by atoms with E-state index in [9.17, 15) is 14.0 Å². The highest BCUT2D eigenvalue weighted by Gasteiger charge is 2.50. The van der Waals surface area contributed by atoms with Gasteiger partial charge in [-0.1, -0.05) is 13.3 Å². The van der Waals surface area contributed by atoms with Crippen LogP contribution in [0.5, 0.6) is 0 Å². The van der Waals surface area contributed by atoms with Gasteiger partial charge in [-0.05, 0) is 12.8 Å². The molecule has 0 bridgehead atoms. The van der Waals surface area contributed by atoms with E-state index in [1.54, 1.807) is 0 Å². The Labute approximate surface area is 93.4 Å². The molecule has 1 heterocycles. The summed E-state index contributed by atoms with van der Waals surface area (Å²) in [5, 5.41) is 8.73. The highest BCUT2D eigenvalue weighted by molar-refractivity contribution is 5.86. The Balaban J connectivity index is 2.04. The lowest BCUT2D eigenvalue weighted by Crippen LogP contribution is -2.47. The quantitative estimate of drug-likeness (QED) is 0.774. The van der Waals surface area contributed by atoms with Crippen molar-refractivity contribution in [3.05, 3.63) is 0 Å². The molecule has 1 aliphatic carbocycles. The van der Waals surface area contributed by atoms with E-state index in [2.05, 4.69) is 0 Å². The second-order valence-electron chi connectivity index (χ2n) is 5.16. The number of aliphatic carboxylic acids is 1. The van der Waals surface area contributed by atoms with Crippen LogP contribution < -0.4 is 0 Å². The number of carboxylic acids is 1. The predicted octanol–water partition coefficient (Wildman–Crippen LogP) is 1.20. The molecule has 1 saturated heterocycles. The van der Waals surface area contributed by atoms with Crippen LogP contribution in [0, 0.1) is 5.41 Å². The summed E-state index contributed by atoms with van der Waals surface area (Å²) in [4.78, 5) is 24.1. The van der Waals surface area contributed by atoms with E-state index < -0.39 is 11.6 Å². The molecular weight excluding hydrogens is 213 g/mol. The van der Waals surface area contributed by atoms with Gasteiger partial charge in [0.1, 0.15) is 0 Å². The van der Waals surface area contributed by atoms with E-state index in [0.29, 0.717) is 0 Å². The summed E-state index contributed by atoms with van der Waals surface area (Å²) in [7, 11) is 0. The molecule has 0 aromatic rings. The highest BCUT2D eigenvalue weighted by atomic mass is 19.1. The molecule has 2 rings (SSSR count). The van der Waals surface area contributed by atoms with Crippen molar-refractivity contribution in [2.24, 2.45) is 5.41 Å². The minimum atomic E-state index is -2.24. The van der Waals surface area contributed by atoms with Gasteiger partial charge in [0, 0.05) is 18.4 Å². The fourth-order valence-electron chi connectivity index (χ4n) is 2.42. The lowest BCUT2D eigenvalue weighted by Gasteiger charge is -2.39. The summed E-state index contributed by atoms with van der Waals surface area (Å²) in [6, 6.07) is 0. The number of nitrogens with zero attached hydrogens (tertiary/aromatic N) is 1. The SMILES string of the molecule is CC1(C(=O)N2CCC(F)(C(=O)O)C2)CCC1. The first-order chi connectivity index (χ1) is 7.37. The number of rotatable bonds is 2. The van der Waals surface area contributed by atoms with Crippen LogP contribution >= 0.6 is 0 Å². The molecule has 16 heavy (non-hydrogen) atoms. The Morgan fingerprint density at radius 1 is 1.31 bits per heavy atom. The van der Waals surface area contributed by atoms with Gasteiger partial charge in [-0.2, -0.15) is 0 Å².